The second-order valence-electron chi connectivity index (χ2n) is 5.37. The number of carboxylic acids is 1. The number of hydrogen-bond donors (Lipinski definition) is 1. The topological polar surface area (TPSA) is 43.8 Å². The molecular formula is C17H18N2O2. The third-order valence-electron chi connectivity index (χ3n) is 3.98. The molecule has 0 fully saturated rings. The normalized spacial score (nSPS) is 14.0. The Morgan fingerprint density at radius 3 is 2.43 bits per heavy atom. The van der Waals surface area contributed by atoms with Crippen molar-refractivity contribution in [3.8, 4) is 0 Å². The predicted octanol–water partition coefficient (Wildman–Crippen LogP) is 3.28. The number of para-hydroxylation sites is 2. The van der Waals surface area contributed by atoms with Crippen LogP contribution in [-0.2, 0) is 0 Å². The van der Waals surface area contributed by atoms with Gasteiger partial charge in [0.25, 0.3) is 0 Å². The predicted molar refractivity (Wildman–Crippen MR) is 84.9 cm³/mol. The SMILES string of the molecule is Cc1cc(C(=O)O)ccc1N1CCN(C)c2ccccc21. The summed E-state index contributed by atoms with van der Waals surface area (Å²) >= 11 is 0. The summed E-state index contributed by atoms with van der Waals surface area (Å²) in [5.41, 5.74) is 4.75. The van der Waals surface area contributed by atoms with Gasteiger partial charge in [-0.3, -0.25) is 0 Å². The van der Waals surface area contributed by atoms with Gasteiger partial charge in [0, 0.05) is 25.8 Å². The molecule has 1 aliphatic rings. The molecule has 0 atom stereocenters. The minimum atomic E-state index is -0.886. The lowest BCUT2D eigenvalue weighted by Crippen LogP contribution is -2.36. The third kappa shape index (κ3) is 2.33. The zero-order chi connectivity index (χ0) is 15.0. The monoisotopic (exact) mass is 282 g/mol. The number of aromatic carboxylic acids is 1. The van der Waals surface area contributed by atoms with Crippen molar-refractivity contribution in [2.75, 3.05) is 29.9 Å². The Bertz CT molecular complexity index is 697. The highest BCUT2D eigenvalue weighted by Gasteiger charge is 2.22. The number of aryl methyl sites for hydroxylation is 1. The molecule has 0 saturated heterocycles. The first-order valence-electron chi connectivity index (χ1n) is 6.99. The Balaban J connectivity index is 2.06. The molecule has 0 unspecified atom stereocenters. The molecule has 0 spiro atoms. The van der Waals surface area contributed by atoms with Crippen LogP contribution in [0, 0.1) is 6.92 Å². The average Bonchev–Trinajstić information content (AvgIpc) is 2.48. The molecule has 0 saturated carbocycles. The van der Waals surface area contributed by atoms with Gasteiger partial charge in [-0.1, -0.05) is 12.1 Å². The number of benzene rings is 2. The maximum absolute atomic E-state index is 11.1. The highest BCUT2D eigenvalue weighted by Crippen LogP contribution is 2.38. The summed E-state index contributed by atoms with van der Waals surface area (Å²) in [5, 5.41) is 9.08. The van der Waals surface area contributed by atoms with E-state index < -0.39 is 5.97 Å². The van der Waals surface area contributed by atoms with E-state index in [0.29, 0.717) is 5.56 Å². The number of rotatable bonds is 2. The zero-order valence-electron chi connectivity index (χ0n) is 12.2. The second-order valence-corrected chi connectivity index (χ2v) is 5.37. The summed E-state index contributed by atoms with van der Waals surface area (Å²) in [6, 6.07) is 13.6. The molecule has 0 aromatic heterocycles. The first-order chi connectivity index (χ1) is 10.1. The Hall–Kier alpha value is -2.49. The van der Waals surface area contributed by atoms with Crippen LogP contribution < -0.4 is 9.80 Å². The first-order valence-corrected chi connectivity index (χ1v) is 6.99. The van der Waals surface area contributed by atoms with Crippen LogP contribution in [-0.4, -0.2) is 31.2 Å². The smallest absolute Gasteiger partial charge is 0.335 e. The summed E-state index contributed by atoms with van der Waals surface area (Å²) in [6.07, 6.45) is 0. The molecule has 1 N–H and O–H groups in total. The van der Waals surface area contributed by atoms with Crippen molar-refractivity contribution in [2.45, 2.75) is 6.92 Å². The van der Waals surface area contributed by atoms with Gasteiger partial charge in [0.2, 0.25) is 0 Å². The fourth-order valence-corrected chi connectivity index (χ4v) is 2.85. The Labute approximate surface area is 124 Å². The fourth-order valence-electron chi connectivity index (χ4n) is 2.85. The summed E-state index contributed by atoms with van der Waals surface area (Å²) in [4.78, 5) is 15.6. The van der Waals surface area contributed by atoms with E-state index in [9.17, 15) is 4.79 Å². The molecule has 108 valence electrons. The number of carboxylic acid groups (broad SMARTS) is 1. The van der Waals surface area contributed by atoms with Gasteiger partial charge in [-0.05, 0) is 42.8 Å². The van der Waals surface area contributed by atoms with Gasteiger partial charge in [0.1, 0.15) is 0 Å². The van der Waals surface area contributed by atoms with Gasteiger partial charge in [0.05, 0.1) is 16.9 Å². The fraction of sp³-hybridized carbons (Fsp3) is 0.235. The number of fused-ring (bicyclic) bond motifs is 1. The summed E-state index contributed by atoms with van der Waals surface area (Å²) < 4.78 is 0. The van der Waals surface area contributed by atoms with E-state index in [1.54, 1.807) is 12.1 Å². The summed E-state index contributed by atoms with van der Waals surface area (Å²) in [5.74, 6) is -0.886. The highest BCUT2D eigenvalue weighted by atomic mass is 16.4. The van der Waals surface area contributed by atoms with Gasteiger partial charge >= 0.3 is 5.97 Å². The van der Waals surface area contributed by atoms with Gasteiger partial charge in [-0.2, -0.15) is 0 Å². The lowest BCUT2D eigenvalue weighted by atomic mass is 10.1. The first kappa shape index (κ1) is 13.5. The van der Waals surface area contributed by atoms with E-state index >= 15 is 0 Å². The van der Waals surface area contributed by atoms with Gasteiger partial charge in [0.15, 0.2) is 0 Å². The van der Waals surface area contributed by atoms with E-state index in [0.717, 1.165) is 30.0 Å². The summed E-state index contributed by atoms with van der Waals surface area (Å²) in [6.45, 7) is 3.79. The molecule has 4 nitrogen and oxygen atoms in total. The largest absolute Gasteiger partial charge is 0.478 e. The third-order valence-corrected chi connectivity index (χ3v) is 3.98. The quantitative estimate of drug-likeness (QED) is 0.918. The Morgan fingerprint density at radius 1 is 1.05 bits per heavy atom. The molecule has 0 aliphatic carbocycles. The van der Waals surface area contributed by atoms with Gasteiger partial charge in [-0.25, -0.2) is 4.79 Å². The van der Waals surface area contributed by atoms with Crippen LogP contribution in [0.5, 0.6) is 0 Å². The molecule has 1 aliphatic heterocycles. The van der Waals surface area contributed by atoms with Crippen LogP contribution in [0.4, 0.5) is 17.1 Å². The maximum atomic E-state index is 11.1. The van der Waals surface area contributed by atoms with Crippen molar-refractivity contribution in [2.24, 2.45) is 0 Å². The molecule has 0 bridgehead atoms. The lowest BCUT2D eigenvalue weighted by Gasteiger charge is -2.37. The van der Waals surface area contributed by atoms with Crippen LogP contribution in [0.3, 0.4) is 0 Å². The Kier molecular flexibility index (Phi) is 3.29. The molecule has 4 heteroatoms. The van der Waals surface area contributed by atoms with Crippen molar-refractivity contribution in [1.29, 1.82) is 0 Å². The van der Waals surface area contributed by atoms with Crippen molar-refractivity contribution in [1.82, 2.24) is 0 Å². The number of nitrogens with zero attached hydrogens (tertiary/aromatic N) is 2. The van der Waals surface area contributed by atoms with Crippen molar-refractivity contribution in [3.63, 3.8) is 0 Å². The molecule has 3 rings (SSSR count). The second kappa shape index (κ2) is 5.13. The maximum Gasteiger partial charge on any atom is 0.335 e. The van der Waals surface area contributed by atoms with Crippen LogP contribution in [0.15, 0.2) is 42.5 Å². The number of hydrogen-bond acceptors (Lipinski definition) is 3. The summed E-state index contributed by atoms with van der Waals surface area (Å²) in [7, 11) is 2.09. The van der Waals surface area contributed by atoms with E-state index in [1.807, 2.05) is 25.1 Å². The average molecular weight is 282 g/mol. The van der Waals surface area contributed by atoms with Crippen LogP contribution >= 0.6 is 0 Å². The molecule has 21 heavy (non-hydrogen) atoms. The van der Waals surface area contributed by atoms with E-state index in [2.05, 4.69) is 29.0 Å². The van der Waals surface area contributed by atoms with E-state index in [1.165, 1.54) is 5.69 Å². The molecule has 0 amide bonds. The number of likely N-dealkylation sites (N-methyl/N-ethyl adjacent to an activating group) is 1. The molecular weight excluding hydrogens is 264 g/mol. The van der Waals surface area contributed by atoms with Crippen LogP contribution in [0.1, 0.15) is 15.9 Å². The molecule has 2 aromatic rings. The molecule has 1 heterocycles. The zero-order valence-corrected chi connectivity index (χ0v) is 12.2. The van der Waals surface area contributed by atoms with E-state index in [4.69, 9.17) is 5.11 Å². The van der Waals surface area contributed by atoms with Gasteiger partial charge < -0.3 is 14.9 Å². The number of carbonyl (C=O) groups is 1. The lowest BCUT2D eigenvalue weighted by molar-refractivity contribution is 0.0697. The van der Waals surface area contributed by atoms with Crippen molar-refractivity contribution >= 4 is 23.0 Å². The molecule has 2 aromatic carbocycles. The van der Waals surface area contributed by atoms with Crippen LogP contribution in [0.25, 0.3) is 0 Å². The highest BCUT2D eigenvalue weighted by molar-refractivity contribution is 5.89. The minimum Gasteiger partial charge on any atom is -0.478 e. The van der Waals surface area contributed by atoms with Crippen molar-refractivity contribution < 1.29 is 9.90 Å². The molecule has 0 radical (unpaired) electrons. The van der Waals surface area contributed by atoms with Gasteiger partial charge in [-0.15, -0.1) is 0 Å². The van der Waals surface area contributed by atoms with E-state index in [-0.39, 0.29) is 0 Å². The van der Waals surface area contributed by atoms with Crippen molar-refractivity contribution in [3.05, 3.63) is 53.6 Å². The van der Waals surface area contributed by atoms with Crippen LogP contribution in [0.2, 0.25) is 0 Å². The Morgan fingerprint density at radius 2 is 1.76 bits per heavy atom. The minimum absolute atomic E-state index is 0.332. The standard InChI is InChI=1S/C17H18N2O2/c1-12-11-13(17(20)21)7-8-14(12)19-10-9-18(2)15-5-3-4-6-16(15)19/h3-8,11H,9-10H2,1-2H3,(H,20,21). The number of anilines is 3.